The molecule has 0 spiro atoms. The van der Waals surface area contributed by atoms with Gasteiger partial charge in [0.15, 0.2) is 17.5 Å². The van der Waals surface area contributed by atoms with Crippen LogP contribution in [0.15, 0.2) is 29.4 Å². The number of hydrogen-bond acceptors (Lipinski definition) is 5. The number of halogens is 1. The van der Waals surface area contributed by atoms with Crippen molar-refractivity contribution < 1.29 is 9.47 Å². The van der Waals surface area contributed by atoms with E-state index in [1.165, 1.54) is 4.88 Å². The van der Waals surface area contributed by atoms with Crippen LogP contribution in [-0.2, 0) is 12.8 Å². The molecule has 0 fully saturated rings. The third-order valence-electron chi connectivity index (χ3n) is 3.53. The predicted molar refractivity (Wildman–Crippen MR) is 120 cm³/mol. The third-order valence-corrected chi connectivity index (χ3v) is 4.73. The number of nitrogens with zero attached hydrogens (tertiary/aromatic N) is 2. The monoisotopic (exact) mass is 490 g/mol. The Balaban J connectivity index is 0.00000338. The molecule has 1 aromatic heterocycles. The van der Waals surface area contributed by atoms with Crippen molar-refractivity contribution in [2.24, 2.45) is 4.99 Å². The third kappa shape index (κ3) is 6.64. The summed E-state index contributed by atoms with van der Waals surface area (Å²) in [6.07, 6.45) is 3.87. The number of ether oxygens (including phenoxy) is 2. The van der Waals surface area contributed by atoms with Gasteiger partial charge in [-0.05, 0) is 25.5 Å². The quantitative estimate of drug-likeness (QED) is 0.333. The highest BCUT2D eigenvalue weighted by Crippen LogP contribution is 2.30. The Morgan fingerprint density at radius 1 is 1.27 bits per heavy atom. The zero-order chi connectivity index (χ0) is 18.1. The molecule has 0 radical (unpaired) electrons. The van der Waals surface area contributed by atoms with Gasteiger partial charge in [0, 0.05) is 42.8 Å². The molecule has 2 rings (SSSR count). The highest BCUT2D eigenvalue weighted by molar-refractivity contribution is 14.0. The molecule has 1 heterocycles. The van der Waals surface area contributed by atoms with Gasteiger partial charge in [-0.25, -0.2) is 4.98 Å². The van der Waals surface area contributed by atoms with E-state index >= 15 is 0 Å². The SMILES string of the molecule is CCOc1cc(NC(=NC)NCCc2ncc(CC)s2)ccc1OC.I. The van der Waals surface area contributed by atoms with E-state index in [0.717, 1.165) is 30.1 Å². The van der Waals surface area contributed by atoms with Crippen LogP contribution in [0.2, 0.25) is 0 Å². The second kappa shape index (κ2) is 11.9. The van der Waals surface area contributed by atoms with Gasteiger partial charge < -0.3 is 20.1 Å². The molecular formula is C18H27IN4O2S. The molecule has 26 heavy (non-hydrogen) atoms. The summed E-state index contributed by atoms with van der Waals surface area (Å²) < 4.78 is 10.9. The first-order valence-electron chi connectivity index (χ1n) is 8.42. The maximum atomic E-state index is 5.60. The van der Waals surface area contributed by atoms with Crippen LogP contribution in [0.4, 0.5) is 5.69 Å². The highest BCUT2D eigenvalue weighted by atomic mass is 127. The number of aryl methyl sites for hydroxylation is 1. The Morgan fingerprint density at radius 2 is 2.08 bits per heavy atom. The number of rotatable bonds is 8. The van der Waals surface area contributed by atoms with Gasteiger partial charge in [-0.1, -0.05) is 6.92 Å². The lowest BCUT2D eigenvalue weighted by molar-refractivity contribution is 0.311. The average Bonchev–Trinajstić information content (AvgIpc) is 3.09. The number of aliphatic imine (C=N–C) groups is 1. The van der Waals surface area contributed by atoms with Gasteiger partial charge in [0.25, 0.3) is 0 Å². The number of thiazole rings is 1. The summed E-state index contributed by atoms with van der Waals surface area (Å²) in [5.74, 6) is 2.13. The second-order valence-electron chi connectivity index (χ2n) is 5.25. The number of guanidine groups is 1. The van der Waals surface area contributed by atoms with Crippen molar-refractivity contribution in [1.29, 1.82) is 0 Å². The van der Waals surface area contributed by atoms with Crippen LogP contribution >= 0.6 is 35.3 Å². The average molecular weight is 490 g/mol. The van der Waals surface area contributed by atoms with E-state index in [-0.39, 0.29) is 24.0 Å². The fourth-order valence-corrected chi connectivity index (χ4v) is 3.12. The summed E-state index contributed by atoms with van der Waals surface area (Å²) in [6.45, 7) is 5.44. The van der Waals surface area contributed by atoms with E-state index < -0.39 is 0 Å². The van der Waals surface area contributed by atoms with E-state index in [9.17, 15) is 0 Å². The molecular weight excluding hydrogens is 463 g/mol. The Hall–Kier alpha value is -1.55. The van der Waals surface area contributed by atoms with Gasteiger partial charge in [-0.15, -0.1) is 35.3 Å². The normalized spacial score (nSPS) is 10.8. The molecule has 2 N–H and O–H groups in total. The first kappa shape index (κ1) is 22.5. The lowest BCUT2D eigenvalue weighted by Crippen LogP contribution is -2.32. The van der Waals surface area contributed by atoms with Crippen LogP contribution in [0.25, 0.3) is 0 Å². The Bertz CT molecular complexity index is 706. The molecule has 2 aromatic rings. The molecule has 0 atom stereocenters. The summed E-state index contributed by atoms with van der Waals surface area (Å²) in [4.78, 5) is 10.0. The summed E-state index contributed by atoms with van der Waals surface area (Å²) >= 11 is 1.77. The number of nitrogens with one attached hydrogen (secondary N) is 2. The van der Waals surface area contributed by atoms with E-state index in [2.05, 4.69) is 27.5 Å². The van der Waals surface area contributed by atoms with Crippen LogP contribution in [-0.4, -0.2) is 38.3 Å². The van der Waals surface area contributed by atoms with Crippen molar-refractivity contribution in [3.8, 4) is 11.5 Å². The van der Waals surface area contributed by atoms with Gasteiger partial charge in [0.1, 0.15) is 0 Å². The van der Waals surface area contributed by atoms with E-state index in [1.54, 1.807) is 25.5 Å². The summed E-state index contributed by atoms with van der Waals surface area (Å²) in [5, 5.41) is 7.72. The molecule has 0 aliphatic heterocycles. The van der Waals surface area contributed by atoms with E-state index in [4.69, 9.17) is 9.47 Å². The predicted octanol–water partition coefficient (Wildman–Crippen LogP) is 3.96. The topological polar surface area (TPSA) is 67.8 Å². The number of hydrogen-bond donors (Lipinski definition) is 2. The van der Waals surface area contributed by atoms with Crippen LogP contribution in [0.5, 0.6) is 11.5 Å². The molecule has 6 nitrogen and oxygen atoms in total. The van der Waals surface area contributed by atoms with Gasteiger partial charge in [0.2, 0.25) is 0 Å². The lowest BCUT2D eigenvalue weighted by atomic mass is 10.2. The molecule has 8 heteroatoms. The van der Waals surface area contributed by atoms with Crippen molar-refractivity contribution in [3.05, 3.63) is 34.3 Å². The Kier molecular flexibility index (Phi) is 10.3. The number of methoxy groups -OCH3 is 1. The molecule has 144 valence electrons. The summed E-state index contributed by atoms with van der Waals surface area (Å²) in [7, 11) is 3.38. The molecule has 0 unspecified atom stereocenters. The van der Waals surface area contributed by atoms with Crippen LogP contribution < -0.4 is 20.1 Å². The minimum absolute atomic E-state index is 0. The first-order valence-corrected chi connectivity index (χ1v) is 9.23. The minimum atomic E-state index is 0. The molecule has 0 saturated carbocycles. The summed E-state index contributed by atoms with van der Waals surface area (Å²) in [6, 6.07) is 5.72. The highest BCUT2D eigenvalue weighted by Gasteiger charge is 2.07. The smallest absolute Gasteiger partial charge is 0.195 e. The molecule has 0 aliphatic carbocycles. The number of aromatic nitrogens is 1. The maximum absolute atomic E-state index is 5.60. The maximum Gasteiger partial charge on any atom is 0.195 e. The van der Waals surface area contributed by atoms with Crippen molar-refractivity contribution in [2.45, 2.75) is 26.7 Å². The lowest BCUT2D eigenvalue weighted by Gasteiger charge is -2.14. The fourth-order valence-electron chi connectivity index (χ4n) is 2.25. The minimum Gasteiger partial charge on any atom is -0.493 e. The molecule has 0 bridgehead atoms. The Labute approximate surface area is 176 Å². The second-order valence-corrected chi connectivity index (χ2v) is 6.45. The largest absolute Gasteiger partial charge is 0.493 e. The van der Waals surface area contributed by atoms with Crippen LogP contribution in [0.1, 0.15) is 23.7 Å². The standard InChI is InChI=1S/C18H26N4O2S.HI/c1-5-14-12-21-17(25-14)9-10-20-18(19-3)22-13-7-8-15(23-4)16(11-13)24-6-2;/h7-8,11-12H,5-6,9-10H2,1-4H3,(H2,19,20,22);1H. The van der Waals surface area contributed by atoms with Gasteiger partial charge in [-0.3, -0.25) is 4.99 Å². The van der Waals surface area contributed by atoms with Crippen molar-refractivity contribution in [1.82, 2.24) is 10.3 Å². The molecule has 0 aliphatic rings. The van der Waals surface area contributed by atoms with Gasteiger partial charge >= 0.3 is 0 Å². The molecule has 0 amide bonds. The van der Waals surface area contributed by atoms with Crippen molar-refractivity contribution in [2.75, 3.05) is 32.6 Å². The molecule has 1 aromatic carbocycles. The zero-order valence-electron chi connectivity index (χ0n) is 15.7. The first-order chi connectivity index (χ1) is 12.2. The van der Waals surface area contributed by atoms with Crippen molar-refractivity contribution >= 4 is 47.0 Å². The summed E-state index contributed by atoms with van der Waals surface area (Å²) in [5.41, 5.74) is 0.889. The van der Waals surface area contributed by atoms with E-state index in [1.807, 2.05) is 31.3 Å². The van der Waals surface area contributed by atoms with E-state index in [0.29, 0.717) is 24.1 Å². The van der Waals surface area contributed by atoms with Gasteiger partial charge in [0.05, 0.1) is 18.7 Å². The fraction of sp³-hybridized carbons (Fsp3) is 0.444. The molecule has 0 saturated heterocycles. The van der Waals surface area contributed by atoms with Gasteiger partial charge in [-0.2, -0.15) is 0 Å². The van der Waals surface area contributed by atoms with Crippen molar-refractivity contribution in [3.63, 3.8) is 0 Å². The zero-order valence-corrected chi connectivity index (χ0v) is 18.8. The number of anilines is 1. The number of benzene rings is 1. The Morgan fingerprint density at radius 3 is 2.69 bits per heavy atom. The van der Waals surface area contributed by atoms with Crippen LogP contribution in [0, 0.1) is 0 Å². The van der Waals surface area contributed by atoms with Crippen LogP contribution in [0.3, 0.4) is 0 Å².